The van der Waals surface area contributed by atoms with Gasteiger partial charge in [-0.1, -0.05) is 326 Å². The Bertz CT molecular complexity index is 1350. The first-order chi connectivity index (χ1) is 38.5. The minimum Gasteiger partial charge on any atom is -0.462 e. The minimum absolute atomic E-state index is 0.0729. The maximum absolute atomic E-state index is 12.9. The SMILES string of the molecule is CC/C=C\C/C=C\C/C=C\CCCCCCCCCC(=O)OCC(COC(=O)CCCCCCCCCCCCCCCCCCCCCCCCCC)OC(=O)CCCCCCCCCCC/C=C\CCCCCCCC. The van der Waals surface area contributed by atoms with E-state index in [1.54, 1.807) is 0 Å². The van der Waals surface area contributed by atoms with Crippen LogP contribution in [0.15, 0.2) is 48.6 Å². The van der Waals surface area contributed by atoms with Crippen LogP contribution in [0.2, 0.25) is 0 Å². The molecule has 0 aliphatic carbocycles. The van der Waals surface area contributed by atoms with E-state index in [0.717, 1.165) is 83.5 Å². The highest BCUT2D eigenvalue weighted by Crippen LogP contribution is 2.18. The number of rotatable bonds is 64. The second-order valence-corrected chi connectivity index (χ2v) is 23.4. The Hall–Kier alpha value is -2.63. The van der Waals surface area contributed by atoms with Crippen molar-refractivity contribution in [1.29, 1.82) is 0 Å². The predicted molar refractivity (Wildman–Crippen MR) is 339 cm³/mol. The zero-order chi connectivity index (χ0) is 56.4. The molecule has 6 nitrogen and oxygen atoms in total. The highest BCUT2D eigenvalue weighted by atomic mass is 16.6. The van der Waals surface area contributed by atoms with E-state index in [0.29, 0.717) is 19.3 Å². The summed E-state index contributed by atoms with van der Waals surface area (Å²) in [5, 5.41) is 0. The summed E-state index contributed by atoms with van der Waals surface area (Å²) in [5.41, 5.74) is 0. The predicted octanol–water partition coefficient (Wildman–Crippen LogP) is 23.7. The number of ether oxygens (including phenoxy) is 3. The van der Waals surface area contributed by atoms with Gasteiger partial charge in [0.05, 0.1) is 0 Å². The number of hydrogen-bond donors (Lipinski definition) is 0. The van der Waals surface area contributed by atoms with E-state index in [9.17, 15) is 14.4 Å². The van der Waals surface area contributed by atoms with Gasteiger partial charge in [0, 0.05) is 19.3 Å². The fraction of sp³-hybridized carbons (Fsp3) is 0.847. The molecule has 1 atom stereocenters. The normalized spacial score (nSPS) is 12.3. The van der Waals surface area contributed by atoms with Crippen molar-refractivity contribution in [3.05, 3.63) is 48.6 Å². The summed E-state index contributed by atoms with van der Waals surface area (Å²) in [5.74, 6) is -0.859. The number of esters is 3. The van der Waals surface area contributed by atoms with Crippen LogP contribution < -0.4 is 0 Å². The summed E-state index contributed by atoms with van der Waals surface area (Å²) >= 11 is 0. The molecule has 0 aromatic rings. The van der Waals surface area contributed by atoms with Gasteiger partial charge in [0.1, 0.15) is 13.2 Å². The lowest BCUT2D eigenvalue weighted by Crippen LogP contribution is -2.30. The molecule has 0 spiro atoms. The average Bonchev–Trinajstić information content (AvgIpc) is 3.44. The van der Waals surface area contributed by atoms with E-state index in [2.05, 4.69) is 69.4 Å². The third-order valence-corrected chi connectivity index (χ3v) is 15.6. The van der Waals surface area contributed by atoms with Crippen molar-refractivity contribution >= 4 is 17.9 Å². The maximum atomic E-state index is 12.9. The van der Waals surface area contributed by atoms with E-state index in [1.807, 2.05) is 0 Å². The highest BCUT2D eigenvalue weighted by molar-refractivity contribution is 5.71. The van der Waals surface area contributed by atoms with E-state index in [-0.39, 0.29) is 31.1 Å². The summed E-state index contributed by atoms with van der Waals surface area (Å²) in [7, 11) is 0. The van der Waals surface area contributed by atoms with Crippen LogP contribution in [-0.4, -0.2) is 37.2 Å². The van der Waals surface area contributed by atoms with E-state index in [1.165, 1.54) is 250 Å². The van der Waals surface area contributed by atoms with Crippen LogP contribution in [0.5, 0.6) is 0 Å². The lowest BCUT2D eigenvalue weighted by Gasteiger charge is -2.18. The van der Waals surface area contributed by atoms with Crippen molar-refractivity contribution in [2.75, 3.05) is 13.2 Å². The topological polar surface area (TPSA) is 78.9 Å². The molecule has 0 fully saturated rings. The number of carbonyl (C=O) groups excluding carboxylic acids is 3. The summed E-state index contributed by atoms with van der Waals surface area (Å²) in [6, 6.07) is 0. The molecule has 0 rings (SSSR count). The number of allylic oxidation sites excluding steroid dienone is 8. The monoisotopic (exact) mass is 1090 g/mol. The largest absolute Gasteiger partial charge is 0.462 e. The molecule has 0 aromatic heterocycles. The Morgan fingerprint density at radius 1 is 0.269 bits per heavy atom. The van der Waals surface area contributed by atoms with Gasteiger partial charge in [0.15, 0.2) is 6.10 Å². The molecule has 1 unspecified atom stereocenters. The van der Waals surface area contributed by atoms with Crippen molar-refractivity contribution in [2.24, 2.45) is 0 Å². The Kier molecular flexibility index (Phi) is 64.6. The maximum Gasteiger partial charge on any atom is 0.306 e. The third kappa shape index (κ3) is 64.2. The number of carbonyl (C=O) groups is 3. The third-order valence-electron chi connectivity index (χ3n) is 15.6. The molecule has 0 saturated carbocycles. The summed E-state index contributed by atoms with van der Waals surface area (Å²) in [6.45, 7) is 6.59. The molecular weight excluding hydrogens is 961 g/mol. The van der Waals surface area contributed by atoms with E-state index < -0.39 is 6.10 Å². The fourth-order valence-electron chi connectivity index (χ4n) is 10.4. The molecular formula is C72H132O6. The zero-order valence-corrected chi connectivity index (χ0v) is 52.5. The van der Waals surface area contributed by atoms with Crippen molar-refractivity contribution < 1.29 is 28.6 Å². The van der Waals surface area contributed by atoms with Crippen molar-refractivity contribution in [3.63, 3.8) is 0 Å². The van der Waals surface area contributed by atoms with Gasteiger partial charge in [-0.15, -0.1) is 0 Å². The number of unbranched alkanes of at least 4 members (excludes halogenated alkanes) is 45. The lowest BCUT2D eigenvalue weighted by atomic mass is 10.0. The van der Waals surface area contributed by atoms with Crippen LogP contribution in [0.4, 0.5) is 0 Å². The minimum atomic E-state index is -0.778. The molecule has 0 aromatic carbocycles. The van der Waals surface area contributed by atoms with Gasteiger partial charge in [-0.3, -0.25) is 14.4 Å². The standard InChI is InChI=1S/C72H132O6/c1-4-7-10-13-16-19-22-25-28-31-33-34-35-36-37-39-41-44-47-50-53-56-59-62-65-71(74)77-68-69(67-76-70(73)64-61-58-55-52-49-46-43-40-30-27-24-21-18-15-12-9-6-3)78-72(75)66-63-60-57-54-51-48-45-42-38-32-29-26-23-20-17-14-11-8-5-2/h9,12,18,21,26-27,29-30,69H,4-8,10-11,13-17,19-20,22-25,28,31-68H2,1-3H3/b12-9-,21-18-,29-26-,30-27-. The average molecular weight is 1090 g/mol. The van der Waals surface area contributed by atoms with Gasteiger partial charge in [-0.2, -0.15) is 0 Å². The second kappa shape index (κ2) is 66.9. The smallest absolute Gasteiger partial charge is 0.306 e. The fourth-order valence-corrected chi connectivity index (χ4v) is 10.4. The quantitative estimate of drug-likeness (QED) is 0.0261. The van der Waals surface area contributed by atoms with Crippen LogP contribution in [0.25, 0.3) is 0 Å². The Morgan fingerprint density at radius 2 is 0.500 bits per heavy atom. The van der Waals surface area contributed by atoms with Crippen LogP contribution in [0.3, 0.4) is 0 Å². The van der Waals surface area contributed by atoms with Crippen LogP contribution >= 0.6 is 0 Å². The highest BCUT2D eigenvalue weighted by Gasteiger charge is 2.19. The van der Waals surface area contributed by atoms with Gasteiger partial charge in [0.25, 0.3) is 0 Å². The molecule has 0 saturated heterocycles. The molecule has 0 aliphatic rings. The van der Waals surface area contributed by atoms with Crippen LogP contribution in [0.1, 0.15) is 374 Å². The Labute approximate surface area is 486 Å². The van der Waals surface area contributed by atoms with Gasteiger partial charge >= 0.3 is 17.9 Å². The second-order valence-electron chi connectivity index (χ2n) is 23.4. The Balaban J connectivity index is 4.30. The van der Waals surface area contributed by atoms with E-state index in [4.69, 9.17) is 14.2 Å². The summed E-state index contributed by atoms with van der Waals surface area (Å²) in [4.78, 5) is 38.4. The first-order valence-electron chi connectivity index (χ1n) is 34.6. The van der Waals surface area contributed by atoms with Crippen LogP contribution in [-0.2, 0) is 28.6 Å². The molecule has 0 N–H and O–H groups in total. The molecule has 6 heteroatoms. The van der Waals surface area contributed by atoms with Crippen molar-refractivity contribution in [2.45, 2.75) is 380 Å². The summed E-state index contributed by atoms with van der Waals surface area (Å²) < 4.78 is 17.0. The lowest BCUT2D eigenvalue weighted by molar-refractivity contribution is -0.167. The van der Waals surface area contributed by atoms with Crippen molar-refractivity contribution in [3.8, 4) is 0 Å². The number of hydrogen-bond acceptors (Lipinski definition) is 6. The van der Waals surface area contributed by atoms with Crippen molar-refractivity contribution in [1.82, 2.24) is 0 Å². The molecule has 0 aliphatic heterocycles. The van der Waals surface area contributed by atoms with Gasteiger partial charge < -0.3 is 14.2 Å². The molecule has 78 heavy (non-hydrogen) atoms. The molecule has 0 bridgehead atoms. The van der Waals surface area contributed by atoms with Gasteiger partial charge in [-0.25, -0.2) is 0 Å². The first kappa shape index (κ1) is 75.4. The van der Waals surface area contributed by atoms with Gasteiger partial charge in [-0.05, 0) is 77.0 Å². The molecule has 456 valence electrons. The first-order valence-corrected chi connectivity index (χ1v) is 34.6. The zero-order valence-electron chi connectivity index (χ0n) is 52.5. The van der Waals surface area contributed by atoms with Gasteiger partial charge in [0.2, 0.25) is 0 Å². The van der Waals surface area contributed by atoms with E-state index >= 15 is 0 Å². The molecule has 0 radical (unpaired) electrons. The molecule has 0 amide bonds. The molecule has 0 heterocycles. The van der Waals surface area contributed by atoms with Crippen LogP contribution in [0, 0.1) is 0 Å². The Morgan fingerprint density at radius 3 is 0.795 bits per heavy atom. The summed E-state index contributed by atoms with van der Waals surface area (Å²) in [6.07, 6.45) is 84.2.